The second-order valence-electron chi connectivity index (χ2n) is 4.66. The smallest absolute Gasteiger partial charge is 0.214 e. The lowest BCUT2D eigenvalue weighted by molar-refractivity contribution is 0.414. The fourth-order valence-corrected chi connectivity index (χ4v) is 2.94. The zero-order chi connectivity index (χ0) is 15.2. The average molecular weight is 312 g/mol. The molecule has 3 rings (SSSR count). The van der Waals surface area contributed by atoms with E-state index in [1.54, 1.807) is 23.6 Å². The van der Waals surface area contributed by atoms with Crippen LogP contribution in [0.1, 0.15) is 5.56 Å². The summed E-state index contributed by atoms with van der Waals surface area (Å²) in [7, 11) is 1.65. The van der Waals surface area contributed by atoms with Gasteiger partial charge in [-0.05, 0) is 46.7 Å². The first-order valence-electron chi connectivity index (χ1n) is 6.96. The number of methoxy groups -OCH3 is 1. The molecule has 1 aromatic heterocycles. The Morgan fingerprint density at radius 2 is 1.82 bits per heavy atom. The number of aryl methyl sites for hydroxylation is 1. The lowest BCUT2D eigenvalue weighted by atomic mass is 10.2. The van der Waals surface area contributed by atoms with E-state index in [0.29, 0.717) is 0 Å². The van der Waals surface area contributed by atoms with Crippen LogP contribution in [-0.2, 0) is 6.42 Å². The Bertz CT molecular complexity index is 713. The molecule has 0 atom stereocenters. The Labute approximate surface area is 133 Å². The van der Waals surface area contributed by atoms with Crippen molar-refractivity contribution < 1.29 is 4.74 Å². The van der Waals surface area contributed by atoms with E-state index < -0.39 is 0 Å². The molecule has 0 aliphatic carbocycles. The van der Waals surface area contributed by atoms with E-state index in [1.807, 2.05) is 30.3 Å². The van der Waals surface area contributed by atoms with E-state index in [4.69, 9.17) is 4.74 Å². The topological polar surface area (TPSA) is 52.8 Å². The molecule has 0 spiro atoms. The minimum atomic E-state index is 0.793. The number of tetrazole rings is 1. The maximum absolute atomic E-state index is 5.16. The van der Waals surface area contributed by atoms with Crippen LogP contribution in [0.2, 0.25) is 0 Å². The molecule has 0 amide bonds. The maximum atomic E-state index is 5.16. The quantitative estimate of drug-likeness (QED) is 0.655. The van der Waals surface area contributed by atoms with Crippen LogP contribution in [0, 0.1) is 0 Å². The molecule has 3 aromatic rings. The van der Waals surface area contributed by atoms with Crippen molar-refractivity contribution in [1.29, 1.82) is 0 Å². The number of nitrogens with zero attached hydrogens (tertiary/aromatic N) is 4. The molecular weight excluding hydrogens is 296 g/mol. The minimum absolute atomic E-state index is 0.793. The number of hydrogen-bond acceptors (Lipinski definition) is 5. The summed E-state index contributed by atoms with van der Waals surface area (Å²) in [4.78, 5) is 0. The average Bonchev–Trinajstić information content (AvgIpc) is 3.04. The Morgan fingerprint density at radius 1 is 1.05 bits per heavy atom. The van der Waals surface area contributed by atoms with Crippen molar-refractivity contribution in [2.75, 3.05) is 12.9 Å². The molecule has 0 aliphatic rings. The fourth-order valence-electron chi connectivity index (χ4n) is 2.06. The van der Waals surface area contributed by atoms with Crippen molar-refractivity contribution in [1.82, 2.24) is 20.2 Å². The third-order valence-electron chi connectivity index (χ3n) is 3.22. The van der Waals surface area contributed by atoms with Gasteiger partial charge in [-0.15, -0.1) is 5.10 Å². The molecule has 22 heavy (non-hydrogen) atoms. The number of rotatable bonds is 6. The van der Waals surface area contributed by atoms with Crippen LogP contribution in [0.25, 0.3) is 5.69 Å². The normalized spacial score (nSPS) is 10.6. The monoisotopic (exact) mass is 312 g/mol. The summed E-state index contributed by atoms with van der Waals surface area (Å²) < 4.78 is 6.91. The van der Waals surface area contributed by atoms with Crippen LogP contribution < -0.4 is 4.74 Å². The number of thioether (sulfide) groups is 1. The van der Waals surface area contributed by atoms with Crippen LogP contribution in [0.3, 0.4) is 0 Å². The molecule has 0 bridgehead atoms. The maximum Gasteiger partial charge on any atom is 0.214 e. The second kappa shape index (κ2) is 7.09. The van der Waals surface area contributed by atoms with Gasteiger partial charge in [0.25, 0.3) is 0 Å². The number of aromatic nitrogens is 4. The van der Waals surface area contributed by atoms with Gasteiger partial charge in [0.2, 0.25) is 5.16 Å². The van der Waals surface area contributed by atoms with E-state index in [0.717, 1.165) is 28.8 Å². The van der Waals surface area contributed by atoms with Gasteiger partial charge in [0.05, 0.1) is 12.8 Å². The van der Waals surface area contributed by atoms with Gasteiger partial charge in [-0.3, -0.25) is 0 Å². The molecule has 0 radical (unpaired) electrons. The Balaban J connectivity index is 1.66. The van der Waals surface area contributed by atoms with E-state index in [1.165, 1.54) is 5.56 Å². The Hall–Kier alpha value is -2.34. The third kappa shape index (κ3) is 3.46. The predicted molar refractivity (Wildman–Crippen MR) is 86.6 cm³/mol. The molecule has 5 nitrogen and oxygen atoms in total. The van der Waals surface area contributed by atoms with Gasteiger partial charge in [0.15, 0.2) is 0 Å². The number of ether oxygens (including phenoxy) is 1. The lowest BCUT2D eigenvalue weighted by Crippen LogP contribution is -2.00. The highest BCUT2D eigenvalue weighted by Gasteiger charge is 2.09. The summed E-state index contributed by atoms with van der Waals surface area (Å²) in [6.45, 7) is 0. The standard InChI is InChI=1S/C16H16N4OS/c1-21-15-9-7-14(8-10-15)20-16(17-18-19-20)22-12-11-13-5-3-2-4-6-13/h2-10H,11-12H2,1H3. The van der Waals surface area contributed by atoms with Gasteiger partial charge < -0.3 is 4.74 Å². The highest BCUT2D eigenvalue weighted by Crippen LogP contribution is 2.21. The van der Waals surface area contributed by atoms with Crippen LogP contribution in [0.5, 0.6) is 5.75 Å². The lowest BCUT2D eigenvalue weighted by Gasteiger charge is -2.05. The molecule has 0 N–H and O–H groups in total. The van der Waals surface area contributed by atoms with Crippen molar-refractivity contribution in [3.8, 4) is 11.4 Å². The van der Waals surface area contributed by atoms with Crippen LogP contribution >= 0.6 is 11.8 Å². The molecule has 0 unspecified atom stereocenters. The van der Waals surface area contributed by atoms with Gasteiger partial charge in [-0.1, -0.05) is 42.1 Å². The summed E-state index contributed by atoms with van der Waals surface area (Å²) in [5.74, 6) is 1.75. The fraction of sp³-hybridized carbons (Fsp3) is 0.188. The van der Waals surface area contributed by atoms with Crippen molar-refractivity contribution in [2.24, 2.45) is 0 Å². The zero-order valence-corrected chi connectivity index (χ0v) is 13.0. The molecule has 0 aliphatic heterocycles. The molecule has 1 heterocycles. The van der Waals surface area contributed by atoms with E-state index >= 15 is 0 Å². The molecule has 0 saturated heterocycles. The zero-order valence-electron chi connectivity index (χ0n) is 12.2. The molecule has 0 saturated carbocycles. The minimum Gasteiger partial charge on any atom is -0.497 e. The summed E-state index contributed by atoms with van der Waals surface area (Å²) in [5.41, 5.74) is 2.24. The largest absolute Gasteiger partial charge is 0.497 e. The highest BCUT2D eigenvalue weighted by atomic mass is 32.2. The van der Waals surface area contributed by atoms with Gasteiger partial charge in [0, 0.05) is 5.75 Å². The number of hydrogen-bond donors (Lipinski definition) is 0. The Morgan fingerprint density at radius 3 is 2.55 bits per heavy atom. The molecule has 2 aromatic carbocycles. The van der Waals surface area contributed by atoms with Crippen molar-refractivity contribution in [2.45, 2.75) is 11.6 Å². The number of benzene rings is 2. The molecular formula is C16H16N4OS. The van der Waals surface area contributed by atoms with E-state index in [2.05, 4.69) is 39.8 Å². The SMILES string of the molecule is COc1ccc(-n2nnnc2SCCc2ccccc2)cc1. The van der Waals surface area contributed by atoms with Crippen molar-refractivity contribution >= 4 is 11.8 Å². The first-order chi connectivity index (χ1) is 10.9. The van der Waals surface area contributed by atoms with Gasteiger partial charge in [-0.2, -0.15) is 4.68 Å². The second-order valence-corrected chi connectivity index (χ2v) is 5.72. The highest BCUT2D eigenvalue weighted by molar-refractivity contribution is 7.99. The first kappa shape index (κ1) is 14.6. The summed E-state index contributed by atoms with van der Waals surface area (Å²) in [6, 6.07) is 18.1. The van der Waals surface area contributed by atoms with Gasteiger partial charge in [0.1, 0.15) is 5.75 Å². The van der Waals surface area contributed by atoms with Crippen LogP contribution in [0.15, 0.2) is 59.8 Å². The molecule has 6 heteroatoms. The van der Waals surface area contributed by atoms with Crippen molar-refractivity contribution in [3.05, 3.63) is 60.2 Å². The Kier molecular flexibility index (Phi) is 4.70. The first-order valence-corrected chi connectivity index (χ1v) is 7.95. The van der Waals surface area contributed by atoms with Gasteiger partial charge >= 0.3 is 0 Å². The summed E-state index contributed by atoms with van der Waals surface area (Å²) >= 11 is 1.65. The molecule has 0 fully saturated rings. The van der Waals surface area contributed by atoms with E-state index in [9.17, 15) is 0 Å². The van der Waals surface area contributed by atoms with Crippen LogP contribution in [-0.4, -0.2) is 33.1 Å². The molecule has 112 valence electrons. The van der Waals surface area contributed by atoms with Gasteiger partial charge in [-0.25, -0.2) is 0 Å². The van der Waals surface area contributed by atoms with Crippen molar-refractivity contribution in [3.63, 3.8) is 0 Å². The predicted octanol–water partition coefficient (Wildman–Crippen LogP) is 3.01. The van der Waals surface area contributed by atoms with E-state index in [-0.39, 0.29) is 0 Å². The summed E-state index contributed by atoms with van der Waals surface area (Å²) in [6.07, 6.45) is 0.987. The van der Waals surface area contributed by atoms with Crippen LogP contribution in [0.4, 0.5) is 0 Å². The third-order valence-corrected chi connectivity index (χ3v) is 4.14. The summed E-state index contributed by atoms with van der Waals surface area (Å²) in [5, 5.41) is 12.7.